The highest BCUT2D eigenvalue weighted by Crippen LogP contribution is 2.34. The summed E-state index contributed by atoms with van der Waals surface area (Å²) in [6.07, 6.45) is 9.41. The number of rotatable bonds is 10. The van der Waals surface area contributed by atoms with E-state index < -0.39 is 0 Å². The lowest BCUT2D eigenvalue weighted by Crippen LogP contribution is -2.36. The summed E-state index contributed by atoms with van der Waals surface area (Å²) in [6.45, 7) is 8.28. The quantitative estimate of drug-likeness (QED) is 0.565. The van der Waals surface area contributed by atoms with Crippen LogP contribution in [0.25, 0.3) is 0 Å². The molecule has 0 bridgehead atoms. The maximum absolute atomic E-state index is 11.6. The molecule has 0 aromatic heterocycles. The maximum Gasteiger partial charge on any atom is 0.223 e. The van der Waals surface area contributed by atoms with Crippen LogP contribution < -0.4 is 5.73 Å². The van der Waals surface area contributed by atoms with Gasteiger partial charge in [-0.3, -0.25) is 4.79 Å². The largest absolute Gasteiger partial charge is 0.369 e. The van der Waals surface area contributed by atoms with Gasteiger partial charge in [-0.2, -0.15) is 0 Å². The zero-order valence-corrected chi connectivity index (χ0v) is 11.1. The normalized spacial score (nSPS) is 11.7. The summed E-state index contributed by atoms with van der Waals surface area (Å²) >= 11 is 0. The van der Waals surface area contributed by atoms with Crippen LogP contribution in [0.5, 0.6) is 0 Å². The van der Waals surface area contributed by atoms with Crippen molar-refractivity contribution < 1.29 is 4.79 Å². The monoisotopic (exact) mass is 226 g/mol. The molecule has 0 saturated heterocycles. The molecule has 0 aromatic rings. The van der Waals surface area contributed by atoms with Crippen molar-refractivity contribution >= 4 is 5.91 Å². The standard InChI is InChI=1S/C14H28NO/c1-4-7-9-11-14(6-3,13(15)16)12-10-8-5-2/h3-12H2,1-2H3,(H2,15,16). The minimum Gasteiger partial charge on any atom is -0.369 e. The molecule has 0 atom stereocenters. The molecule has 0 heterocycles. The van der Waals surface area contributed by atoms with Gasteiger partial charge >= 0.3 is 0 Å². The summed E-state index contributed by atoms with van der Waals surface area (Å²) in [4.78, 5) is 11.6. The molecular weight excluding hydrogens is 198 g/mol. The van der Waals surface area contributed by atoms with Gasteiger partial charge in [0, 0.05) is 5.41 Å². The molecule has 0 spiro atoms. The van der Waals surface area contributed by atoms with E-state index in [2.05, 4.69) is 20.8 Å². The van der Waals surface area contributed by atoms with E-state index in [0.29, 0.717) is 6.42 Å². The second-order valence-electron chi connectivity index (χ2n) is 4.81. The molecular formula is C14H28NO. The predicted molar refractivity (Wildman–Crippen MR) is 69.9 cm³/mol. The Kier molecular flexibility index (Phi) is 8.32. The Morgan fingerprint density at radius 3 is 1.75 bits per heavy atom. The fourth-order valence-electron chi connectivity index (χ4n) is 2.17. The fourth-order valence-corrected chi connectivity index (χ4v) is 2.17. The van der Waals surface area contributed by atoms with Crippen molar-refractivity contribution in [1.29, 1.82) is 0 Å². The number of carbonyl (C=O) groups excluding carboxylic acids is 1. The molecule has 0 aliphatic rings. The number of unbranched alkanes of at least 4 members (excludes halogenated alkanes) is 4. The van der Waals surface area contributed by atoms with Gasteiger partial charge in [-0.05, 0) is 19.3 Å². The van der Waals surface area contributed by atoms with E-state index in [1.165, 1.54) is 25.7 Å². The predicted octanol–water partition coefficient (Wildman–Crippen LogP) is 3.84. The number of carbonyl (C=O) groups is 1. The van der Waals surface area contributed by atoms with Gasteiger partial charge < -0.3 is 5.73 Å². The highest BCUT2D eigenvalue weighted by atomic mass is 16.1. The third-order valence-electron chi connectivity index (χ3n) is 3.52. The molecule has 16 heavy (non-hydrogen) atoms. The summed E-state index contributed by atoms with van der Waals surface area (Å²) in [5.74, 6) is -0.144. The van der Waals surface area contributed by atoms with E-state index in [9.17, 15) is 4.79 Å². The van der Waals surface area contributed by atoms with Crippen LogP contribution in [-0.2, 0) is 4.79 Å². The van der Waals surface area contributed by atoms with E-state index in [1.807, 2.05) is 0 Å². The van der Waals surface area contributed by atoms with E-state index in [4.69, 9.17) is 5.73 Å². The maximum atomic E-state index is 11.6. The average molecular weight is 226 g/mol. The Balaban J connectivity index is 4.27. The number of hydrogen-bond donors (Lipinski definition) is 1. The van der Waals surface area contributed by atoms with Crippen LogP contribution in [0.2, 0.25) is 0 Å². The summed E-state index contributed by atoms with van der Waals surface area (Å²) in [5.41, 5.74) is 5.24. The van der Waals surface area contributed by atoms with Gasteiger partial charge in [-0.1, -0.05) is 59.3 Å². The van der Waals surface area contributed by atoms with Crippen LogP contribution in [-0.4, -0.2) is 5.91 Å². The third-order valence-corrected chi connectivity index (χ3v) is 3.52. The highest BCUT2D eigenvalue weighted by Gasteiger charge is 2.33. The van der Waals surface area contributed by atoms with Crippen molar-refractivity contribution in [3.8, 4) is 0 Å². The zero-order chi connectivity index (χ0) is 12.4. The lowest BCUT2D eigenvalue weighted by Gasteiger charge is -2.29. The van der Waals surface area contributed by atoms with Crippen LogP contribution in [0, 0.1) is 12.3 Å². The molecule has 1 amide bonds. The summed E-state index contributed by atoms with van der Waals surface area (Å²) in [6, 6.07) is 0. The molecule has 2 N–H and O–H groups in total. The van der Waals surface area contributed by atoms with Crippen LogP contribution in [0.4, 0.5) is 0 Å². The highest BCUT2D eigenvalue weighted by molar-refractivity contribution is 5.80. The Morgan fingerprint density at radius 1 is 1.06 bits per heavy atom. The van der Waals surface area contributed by atoms with Crippen molar-refractivity contribution in [2.24, 2.45) is 11.1 Å². The second-order valence-corrected chi connectivity index (χ2v) is 4.81. The van der Waals surface area contributed by atoms with E-state index >= 15 is 0 Å². The first-order valence-electron chi connectivity index (χ1n) is 6.72. The summed E-state index contributed by atoms with van der Waals surface area (Å²) in [5, 5.41) is 0. The number of amides is 1. The van der Waals surface area contributed by atoms with E-state index in [0.717, 1.165) is 25.7 Å². The molecule has 0 unspecified atom stereocenters. The SMILES string of the molecule is [CH2]CC(CCCCC)(CCCCC)C(N)=O. The average Bonchev–Trinajstić information content (AvgIpc) is 2.27. The topological polar surface area (TPSA) is 43.1 Å². The number of primary amides is 1. The van der Waals surface area contributed by atoms with Gasteiger partial charge in [0.2, 0.25) is 5.91 Å². The lowest BCUT2D eigenvalue weighted by atomic mass is 9.75. The van der Waals surface area contributed by atoms with Gasteiger partial charge in [0.25, 0.3) is 0 Å². The van der Waals surface area contributed by atoms with Crippen molar-refractivity contribution in [2.45, 2.75) is 71.6 Å². The first kappa shape index (κ1) is 15.5. The van der Waals surface area contributed by atoms with Gasteiger partial charge in [0.1, 0.15) is 0 Å². The fraction of sp³-hybridized carbons (Fsp3) is 0.857. The molecule has 0 fully saturated rings. The minimum atomic E-state index is -0.329. The van der Waals surface area contributed by atoms with Crippen LogP contribution in [0.15, 0.2) is 0 Å². The third kappa shape index (κ3) is 5.00. The van der Waals surface area contributed by atoms with Gasteiger partial charge in [0.15, 0.2) is 0 Å². The molecule has 2 heteroatoms. The first-order valence-corrected chi connectivity index (χ1v) is 6.72. The number of nitrogens with two attached hydrogens (primary N) is 1. The van der Waals surface area contributed by atoms with Gasteiger partial charge in [0.05, 0.1) is 0 Å². The molecule has 0 aliphatic heterocycles. The second kappa shape index (κ2) is 8.60. The van der Waals surface area contributed by atoms with Crippen molar-refractivity contribution in [2.75, 3.05) is 0 Å². The molecule has 1 radical (unpaired) electrons. The Labute approximate surface area is 101 Å². The molecule has 0 saturated carbocycles. The Hall–Kier alpha value is -0.530. The van der Waals surface area contributed by atoms with Crippen LogP contribution in [0.3, 0.4) is 0 Å². The number of hydrogen-bond acceptors (Lipinski definition) is 1. The smallest absolute Gasteiger partial charge is 0.223 e. The molecule has 0 aliphatic carbocycles. The zero-order valence-electron chi connectivity index (χ0n) is 11.1. The van der Waals surface area contributed by atoms with E-state index in [-0.39, 0.29) is 11.3 Å². The molecule has 0 rings (SSSR count). The molecule has 2 nitrogen and oxygen atoms in total. The Morgan fingerprint density at radius 2 is 1.50 bits per heavy atom. The van der Waals surface area contributed by atoms with Gasteiger partial charge in [-0.25, -0.2) is 0 Å². The van der Waals surface area contributed by atoms with Crippen molar-refractivity contribution in [1.82, 2.24) is 0 Å². The van der Waals surface area contributed by atoms with E-state index in [1.54, 1.807) is 0 Å². The minimum absolute atomic E-state index is 0.144. The Bertz CT molecular complexity index is 179. The van der Waals surface area contributed by atoms with Crippen molar-refractivity contribution in [3.63, 3.8) is 0 Å². The summed E-state index contributed by atoms with van der Waals surface area (Å²) in [7, 11) is 0. The lowest BCUT2D eigenvalue weighted by molar-refractivity contribution is -0.128. The molecule has 95 valence electrons. The van der Waals surface area contributed by atoms with Crippen LogP contribution >= 0.6 is 0 Å². The van der Waals surface area contributed by atoms with Crippen LogP contribution in [0.1, 0.15) is 71.6 Å². The van der Waals surface area contributed by atoms with Crippen molar-refractivity contribution in [3.05, 3.63) is 6.92 Å². The molecule has 0 aromatic carbocycles. The summed E-state index contributed by atoms with van der Waals surface area (Å²) < 4.78 is 0. The van der Waals surface area contributed by atoms with Gasteiger partial charge in [-0.15, -0.1) is 0 Å². The first-order chi connectivity index (χ1) is 7.63.